The fraction of sp³-hybridized carbons (Fsp3) is 0.0588. The molecule has 0 bridgehead atoms. The molecule has 2 aromatic heterocycles. The molecule has 2 heterocycles. The van der Waals surface area contributed by atoms with Crippen molar-refractivity contribution in [2.75, 3.05) is 0 Å². The predicted octanol–water partition coefficient (Wildman–Crippen LogP) is 5.20. The summed E-state index contributed by atoms with van der Waals surface area (Å²) in [6.07, 6.45) is 0. The van der Waals surface area contributed by atoms with Crippen LogP contribution in [0.4, 0.5) is 0 Å². The number of halogens is 2. The van der Waals surface area contributed by atoms with E-state index in [0.29, 0.717) is 10.8 Å². The van der Waals surface area contributed by atoms with Crippen LogP contribution in [0.3, 0.4) is 0 Å². The first-order valence-electron chi connectivity index (χ1n) is 6.82. The number of benzene rings is 2. The lowest BCUT2D eigenvalue weighted by Gasteiger charge is -2.03. The molecule has 3 nitrogen and oxygen atoms in total. The van der Waals surface area contributed by atoms with Crippen LogP contribution in [0.1, 0.15) is 0 Å². The van der Waals surface area contributed by atoms with E-state index in [2.05, 4.69) is 25.5 Å². The smallest absolute Gasteiger partial charge is 0.162 e. The maximum Gasteiger partial charge on any atom is 0.162 e. The number of aryl methyl sites for hydroxylation is 1. The summed E-state index contributed by atoms with van der Waals surface area (Å²) in [6.45, 7) is 0. The van der Waals surface area contributed by atoms with Gasteiger partial charge in [0.1, 0.15) is 10.3 Å². The molecule has 0 amide bonds. The molecule has 0 saturated carbocycles. The fourth-order valence-corrected chi connectivity index (χ4v) is 3.45. The number of aromatic nitrogens is 3. The highest BCUT2D eigenvalue weighted by molar-refractivity contribution is 9.10. The van der Waals surface area contributed by atoms with E-state index in [4.69, 9.17) is 16.6 Å². The van der Waals surface area contributed by atoms with Crippen molar-refractivity contribution in [3.05, 3.63) is 58.2 Å². The monoisotopic (exact) mass is 371 g/mol. The summed E-state index contributed by atoms with van der Waals surface area (Å²) >= 11 is 9.72. The van der Waals surface area contributed by atoms with Crippen molar-refractivity contribution in [3.63, 3.8) is 0 Å². The Bertz CT molecular complexity index is 1010. The van der Waals surface area contributed by atoms with Crippen molar-refractivity contribution in [2.24, 2.45) is 7.05 Å². The SMILES string of the molecule is Cn1c2cc(Cl)ccc2c2c(Br)nc(-c3ccccc3)nc21. The van der Waals surface area contributed by atoms with Crippen LogP contribution in [0.15, 0.2) is 53.1 Å². The van der Waals surface area contributed by atoms with Gasteiger partial charge in [0.15, 0.2) is 5.82 Å². The minimum absolute atomic E-state index is 0.706. The number of rotatable bonds is 1. The minimum Gasteiger partial charge on any atom is -0.328 e. The Morgan fingerprint density at radius 3 is 2.59 bits per heavy atom. The van der Waals surface area contributed by atoms with Crippen LogP contribution in [0.2, 0.25) is 5.02 Å². The maximum absolute atomic E-state index is 6.12. The summed E-state index contributed by atoms with van der Waals surface area (Å²) in [7, 11) is 2.00. The van der Waals surface area contributed by atoms with Gasteiger partial charge in [-0.05, 0) is 28.1 Å². The normalized spacial score (nSPS) is 11.4. The summed E-state index contributed by atoms with van der Waals surface area (Å²) in [5, 5.41) is 2.81. The molecule has 0 atom stereocenters. The summed E-state index contributed by atoms with van der Waals surface area (Å²) in [5.41, 5.74) is 2.93. The second-order valence-electron chi connectivity index (χ2n) is 5.12. The molecule has 0 aliphatic heterocycles. The van der Waals surface area contributed by atoms with Crippen LogP contribution in [0.5, 0.6) is 0 Å². The highest BCUT2D eigenvalue weighted by atomic mass is 79.9. The third kappa shape index (κ3) is 2.02. The van der Waals surface area contributed by atoms with Crippen molar-refractivity contribution in [3.8, 4) is 11.4 Å². The van der Waals surface area contributed by atoms with E-state index in [9.17, 15) is 0 Å². The van der Waals surface area contributed by atoms with Gasteiger partial charge < -0.3 is 4.57 Å². The van der Waals surface area contributed by atoms with Crippen molar-refractivity contribution < 1.29 is 0 Å². The summed E-state index contributed by atoms with van der Waals surface area (Å²) in [5.74, 6) is 0.706. The molecule has 4 rings (SSSR count). The van der Waals surface area contributed by atoms with Gasteiger partial charge in [0.2, 0.25) is 0 Å². The van der Waals surface area contributed by atoms with Crippen LogP contribution < -0.4 is 0 Å². The van der Waals surface area contributed by atoms with E-state index in [1.807, 2.05) is 55.6 Å². The van der Waals surface area contributed by atoms with Crippen LogP contribution in [0.25, 0.3) is 33.3 Å². The maximum atomic E-state index is 6.12. The van der Waals surface area contributed by atoms with Crippen LogP contribution in [-0.2, 0) is 7.05 Å². The van der Waals surface area contributed by atoms with Gasteiger partial charge in [-0.3, -0.25) is 0 Å². The molecule has 0 fully saturated rings. The second-order valence-corrected chi connectivity index (χ2v) is 6.31. The molecule has 0 N–H and O–H groups in total. The molecule has 0 radical (unpaired) electrons. The van der Waals surface area contributed by atoms with E-state index in [1.54, 1.807) is 0 Å². The summed E-state index contributed by atoms with van der Waals surface area (Å²) in [6, 6.07) is 15.8. The quantitative estimate of drug-likeness (QED) is 0.430. The van der Waals surface area contributed by atoms with Gasteiger partial charge in [-0.1, -0.05) is 48.0 Å². The van der Waals surface area contributed by atoms with Gasteiger partial charge in [0.25, 0.3) is 0 Å². The fourth-order valence-electron chi connectivity index (χ4n) is 2.72. The Balaban J connectivity index is 2.10. The molecule has 0 saturated heterocycles. The lowest BCUT2D eigenvalue weighted by molar-refractivity contribution is 0.982. The van der Waals surface area contributed by atoms with E-state index in [0.717, 1.165) is 32.1 Å². The summed E-state index contributed by atoms with van der Waals surface area (Å²) in [4.78, 5) is 9.37. The van der Waals surface area contributed by atoms with E-state index in [1.165, 1.54) is 0 Å². The molecule has 4 aromatic rings. The zero-order valence-corrected chi connectivity index (χ0v) is 14.1. The van der Waals surface area contributed by atoms with Gasteiger partial charge in [-0.15, -0.1) is 0 Å². The molecule has 22 heavy (non-hydrogen) atoms. The van der Waals surface area contributed by atoms with Gasteiger partial charge in [-0.25, -0.2) is 9.97 Å². The minimum atomic E-state index is 0.706. The van der Waals surface area contributed by atoms with Gasteiger partial charge in [0, 0.05) is 23.0 Å². The average Bonchev–Trinajstić information content (AvgIpc) is 2.81. The lowest BCUT2D eigenvalue weighted by atomic mass is 10.2. The molecule has 108 valence electrons. The van der Waals surface area contributed by atoms with Gasteiger partial charge >= 0.3 is 0 Å². The Morgan fingerprint density at radius 2 is 1.82 bits per heavy atom. The van der Waals surface area contributed by atoms with Gasteiger partial charge in [0.05, 0.1) is 10.9 Å². The Morgan fingerprint density at radius 1 is 1.05 bits per heavy atom. The van der Waals surface area contributed by atoms with Crippen LogP contribution in [-0.4, -0.2) is 14.5 Å². The first-order chi connectivity index (χ1) is 10.6. The van der Waals surface area contributed by atoms with Crippen molar-refractivity contribution in [1.29, 1.82) is 0 Å². The van der Waals surface area contributed by atoms with Crippen LogP contribution in [0, 0.1) is 0 Å². The third-order valence-electron chi connectivity index (χ3n) is 3.79. The first kappa shape index (κ1) is 13.7. The molecule has 5 heteroatoms. The first-order valence-corrected chi connectivity index (χ1v) is 7.99. The van der Waals surface area contributed by atoms with E-state index < -0.39 is 0 Å². The molecular weight excluding hydrogens is 362 g/mol. The number of hydrogen-bond acceptors (Lipinski definition) is 2. The summed E-state index contributed by atoms with van der Waals surface area (Å²) < 4.78 is 2.85. The number of fused-ring (bicyclic) bond motifs is 3. The molecule has 0 spiro atoms. The lowest BCUT2D eigenvalue weighted by Crippen LogP contribution is -1.95. The second kappa shape index (κ2) is 5.07. The van der Waals surface area contributed by atoms with Gasteiger partial charge in [-0.2, -0.15) is 0 Å². The largest absolute Gasteiger partial charge is 0.328 e. The predicted molar refractivity (Wildman–Crippen MR) is 94.2 cm³/mol. The number of nitrogens with zero attached hydrogens (tertiary/aromatic N) is 3. The zero-order chi connectivity index (χ0) is 15.3. The van der Waals surface area contributed by atoms with Crippen LogP contribution >= 0.6 is 27.5 Å². The van der Waals surface area contributed by atoms with Crippen molar-refractivity contribution in [2.45, 2.75) is 0 Å². The Kier molecular flexibility index (Phi) is 3.17. The molecule has 0 unspecified atom stereocenters. The zero-order valence-electron chi connectivity index (χ0n) is 11.7. The molecule has 0 aliphatic rings. The average molecular weight is 373 g/mol. The molecule has 2 aromatic carbocycles. The Labute approximate surface area is 140 Å². The standard InChI is InChI=1S/C17H11BrClN3/c1-22-13-9-11(19)7-8-12(13)14-15(18)20-16(21-17(14)22)10-5-3-2-4-6-10/h2-9H,1H3. The molecular formula is C17H11BrClN3. The van der Waals surface area contributed by atoms with Crippen molar-refractivity contribution in [1.82, 2.24) is 14.5 Å². The Hall–Kier alpha value is -1.91. The highest BCUT2D eigenvalue weighted by Gasteiger charge is 2.15. The topological polar surface area (TPSA) is 30.7 Å². The third-order valence-corrected chi connectivity index (χ3v) is 4.59. The molecule has 0 aliphatic carbocycles. The van der Waals surface area contributed by atoms with E-state index >= 15 is 0 Å². The van der Waals surface area contributed by atoms with E-state index in [-0.39, 0.29) is 0 Å². The number of hydrogen-bond donors (Lipinski definition) is 0. The highest BCUT2D eigenvalue weighted by Crippen LogP contribution is 2.34. The van der Waals surface area contributed by atoms with Crippen molar-refractivity contribution >= 4 is 49.5 Å².